The van der Waals surface area contributed by atoms with Gasteiger partial charge in [0.05, 0.1) is 0 Å². The van der Waals surface area contributed by atoms with Gasteiger partial charge in [-0.1, -0.05) is 51.1 Å². The van der Waals surface area contributed by atoms with Crippen molar-refractivity contribution in [3.8, 4) is 0 Å². The molecule has 1 fully saturated rings. The van der Waals surface area contributed by atoms with Crippen LogP contribution in [-0.2, 0) is 30.5 Å². The van der Waals surface area contributed by atoms with Crippen molar-refractivity contribution in [1.82, 2.24) is 4.90 Å². The molecule has 0 bridgehead atoms. The summed E-state index contributed by atoms with van der Waals surface area (Å²) in [4.78, 5) is 38.9. The lowest BCUT2D eigenvalue weighted by atomic mass is 10.1. The third kappa shape index (κ3) is 5.81. The van der Waals surface area contributed by atoms with Gasteiger partial charge in [0.1, 0.15) is 12.6 Å². The molecule has 1 aliphatic rings. The molecule has 6 heteroatoms. The zero-order chi connectivity index (χ0) is 19.8. The fraction of sp³-hybridized carbons (Fsp3) is 0.571. The van der Waals surface area contributed by atoms with E-state index >= 15 is 0 Å². The minimum atomic E-state index is -0.869. The maximum atomic E-state index is 13.0. The SMILES string of the molecule is CCCC(=O)O[C@H](C(=O)N1CCC[C@@H]1C(=O)OCc1ccccc1)C(C)C. The summed E-state index contributed by atoms with van der Waals surface area (Å²) in [6.07, 6.45) is 1.36. The summed E-state index contributed by atoms with van der Waals surface area (Å²) in [5.74, 6) is -1.27. The predicted molar refractivity (Wildman–Crippen MR) is 101 cm³/mol. The minimum absolute atomic E-state index is 0.167. The molecule has 2 rings (SSSR count). The summed E-state index contributed by atoms with van der Waals surface area (Å²) >= 11 is 0. The van der Waals surface area contributed by atoms with Gasteiger partial charge >= 0.3 is 11.9 Å². The zero-order valence-corrected chi connectivity index (χ0v) is 16.3. The highest BCUT2D eigenvalue weighted by molar-refractivity contribution is 5.89. The number of ether oxygens (including phenoxy) is 2. The number of rotatable bonds is 8. The van der Waals surface area contributed by atoms with Crippen molar-refractivity contribution in [3.05, 3.63) is 35.9 Å². The van der Waals surface area contributed by atoms with Crippen molar-refractivity contribution in [2.75, 3.05) is 6.54 Å². The molecule has 0 N–H and O–H groups in total. The van der Waals surface area contributed by atoms with Gasteiger partial charge in [-0.2, -0.15) is 0 Å². The molecule has 0 spiro atoms. The third-order valence-corrected chi connectivity index (χ3v) is 4.59. The van der Waals surface area contributed by atoms with Crippen LogP contribution < -0.4 is 0 Å². The molecule has 1 amide bonds. The van der Waals surface area contributed by atoms with E-state index in [0.717, 1.165) is 12.0 Å². The second-order valence-electron chi connectivity index (χ2n) is 7.19. The molecule has 1 aliphatic heterocycles. The van der Waals surface area contributed by atoms with E-state index in [1.54, 1.807) is 0 Å². The summed E-state index contributed by atoms with van der Waals surface area (Å²) in [5, 5.41) is 0. The van der Waals surface area contributed by atoms with Crippen LogP contribution in [-0.4, -0.2) is 41.4 Å². The van der Waals surface area contributed by atoms with Gasteiger partial charge in [-0.05, 0) is 30.7 Å². The first-order valence-electron chi connectivity index (χ1n) is 9.64. The van der Waals surface area contributed by atoms with Crippen LogP contribution in [0.15, 0.2) is 30.3 Å². The normalized spacial score (nSPS) is 17.6. The average Bonchev–Trinajstić information content (AvgIpc) is 3.14. The topological polar surface area (TPSA) is 72.9 Å². The molecule has 0 unspecified atom stereocenters. The summed E-state index contributed by atoms with van der Waals surface area (Å²) in [6, 6.07) is 8.81. The van der Waals surface area contributed by atoms with E-state index in [-0.39, 0.29) is 30.8 Å². The third-order valence-electron chi connectivity index (χ3n) is 4.59. The smallest absolute Gasteiger partial charge is 0.329 e. The first kappa shape index (κ1) is 20.9. The molecule has 0 saturated carbocycles. The highest BCUT2D eigenvalue weighted by Gasteiger charge is 2.40. The summed E-state index contributed by atoms with van der Waals surface area (Å²) in [6.45, 7) is 6.20. The Morgan fingerprint density at radius 2 is 1.89 bits per heavy atom. The molecule has 6 nitrogen and oxygen atoms in total. The number of esters is 2. The molecule has 0 aromatic heterocycles. The second kappa shape index (κ2) is 10.1. The molecule has 148 valence electrons. The molecule has 0 radical (unpaired) electrons. The average molecular weight is 375 g/mol. The van der Waals surface area contributed by atoms with E-state index in [1.165, 1.54) is 4.90 Å². The molecule has 1 saturated heterocycles. The van der Waals surface area contributed by atoms with Crippen LogP contribution in [0.1, 0.15) is 52.0 Å². The van der Waals surface area contributed by atoms with Crippen molar-refractivity contribution in [1.29, 1.82) is 0 Å². The van der Waals surface area contributed by atoms with Crippen LogP contribution in [0.2, 0.25) is 0 Å². The van der Waals surface area contributed by atoms with Gasteiger partial charge in [0.25, 0.3) is 5.91 Å². The Labute approximate surface area is 160 Å². The molecule has 1 aromatic rings. The van der Waals surface area contributed by atoms with Gasteiger partial charge < -0.3 is 14.4 Å². The fourth-order valence-electron chi connectivity index (χ4n) is 3.14. The van der Waals surface area contributed by atoms with E-state index in [0.29, 0.717) is 19.4 Å². The first-order chi connectivity index (χ1) is 12.9. The Morgan fingerprint density at radius 3 is 2.52 bits per heavy atom. The summed E-state index contributed by atoms with van der Waals surface area (Å²) in [7, 11) is 0. The highest BCUT2D eigenvalue weighted by atomic mass is 16.6. The van der Waals surface area contributed by atoms with Crippen molar-refractivity contribution >= 4 is 17.8 Å². The van der Waals surface area contributed by atoms with E-state index in [9.17, 15) is 14.4 Å². The number of carbonyl (C=O) groups excluding carboxylic acids is 3. The van der Waals surface area contributed by atoms with Gasteiger partial charge in [-0.25, -0.2) is 4.79 Å². The molecule has 2 atom stereocenters. The Morgan fingerprint density at radius 1 is 1.19 bits per heavy atom. The molecule has 1 aromatic carbocycles. The summed E-state index contributed by atoms with van der Waals surface area (Å²) < 4.78 is 10.8. The van der Waals surface area contributed by atoms with E-state index in [4.69, 9.17) is 9.47 Å². The lowest BCUT2D eigenvalue weighted by molar-refractivity contribution is -0.167. The van der Waals surface area contributed by atoms with Crippen molar-refractivity contribution in [2.45, 2.75) is 65.2 Å². The van der Waals surface area contributed by atoms with Crippen LogP contribution in [0.4, 0.5) is 0 Å². The molecule has 1 heterocycles. The minimum Gasteiger partial charge on any atom is -0.459 e. The molecule has 27 heavy (non-hydrogen) atoms. The molecular weight excluding hydrogens is 346 g/mol. The Bertz CT molecular complexity index is 643. The molecule has 0 aliphatic carbocycles. The number of hydrogen-bond donors (Lipinski definition) is 0. The molecular formula is C21H29NO5. The Hall–Kier alpha value is -2.37. The largest absolute Gasteiger partial charge is 0.459 e. The highest BCUT2D eigenvalue weighted by Crippen LogP contribution is 2.23. The van der Waals surface area contributed by atoms with Crippen LogP contribution in [0, 0.1) is 5.92 Å². The number of benzene rings is 1. The van der Waals surface area contributed by atoms with Gasteiger partial charge in [0.2, 0.25) is 0 Å². The predicted octanol–water partition coefficient (Wildman–Crippen LogP) is 3.09. The van der Waals surface area contributed by atoms with E-state index < -0.39 is 18.1 Å². The van der Waals surface area contributed by atoms with Gasteiger partial charge in [0, 0.05) is 13.0 Å². The number of amides is 1. The van der Waals surface area contributed by atoms with Crippen molar-refractivity contribution < 1.29 is 23.9 Å². The van der Waals surface area contributed by atoms with Crippen LogP contribution in [0.25, 0.3) is 0 Å². The summed E-state index contributed by atoms with van der Waals surface area (Å²) in [5.41, 5.74) is 0.898. The van der Waals surface area contributed by atoms with Crippen LogP contribution >= 0.6 is 0 Å². The lowest BCUT2D eigenvalue weighted by Crippen LogP contribution is -2.48. The zero-order valence-electron chi connectivity index (χ0n) is 16.3. The van der Waals surface area contributed by atoms with E-state index in [1.807, 2.05) is 51.1 Å². The number of carbonyl (C=O) groups is 3. The van der Waals surface area contributed by atoms with Crippen LogP contribution in [0.5, 0.6) is 0 Å². The number of likely N-dealkylation sites (tertiary alicyclic amines) is 1. The van der Waals surface area contributed by atoms with Gasteiger partial charge in [-0.3, -0.25) is 9.59 Å². The first-order valence-corrected chi connectivity index (χ1v) is 9.64. The lowest BCUT2D eigenvalue weighted by Gasteiger charge is -2.29. The van der Waals surface area contributed by atoms with E-state index in [2.05, 4.69) is 0 Å². The number of nitrogens with zero attached hydrogens (tertiary/aromatic N) is 1. The second-order valence-corrected chi connectivity index (χ2v) is 7.19. The quantitative estimate of drug-likeness (QED) is 0.653. The monoisotopic (exact) mass is 375 g/mol. The maximum Gasteiger partial charge on any atom is 0.329 e. The standard InChI is InChI=1S/C21H29NO5/c1-4-9-18(23)27-19(15(2)3)20(24)22-13-8-12-17(22)21(25)26-14-16-10-6-5-7-11-16/h5-7,10-11,15,17,19H,4,8-9,12-14H2,1-3H3/t17-,19+/m1/s1. The van der Waals surface area contributed by atoms with Crippen LogP contribution in [0.3, 0.4) is 0 Å². The number of hydrogen-bond acceptors (Lipinski definition) is 5. The maximum absolute atomic E-state index is 13.0. The van der Waals surface area contributed by atoms with Crippen molar-refractivity contribution in [2.24, 2.45) is 5.92 Å². The van der Waals surface area contributed by atoms with Gasteiger partial charge in [0.15, 0.2) is 6.10 Å². The van der Waals surface area contributed by atoms with Crippen molar-refractivity contribution in [3.63, 3.8) is 0 Å². The fourth-order valence-corrected chi connectivity index (χ4v) is 3.14. The van der Waals surface area contributed by atoms with Gasteiger partial charge in [-0.15, -0.1) is 0 Å². The Balaban J connectivity index is 2.00. The Kier molecular flexibility index (Phi) is 7.82.